The number of halogens is 3. The molecule has 2 aromatic rings. The van der Waals surface area contributed by atoms with Crippen LogP contribution in [0.5, 0.6) is 0 Å². The summed E-state index contributed by atoms with van der Waals surface area (Å²) in [4.78, 5) is 12.3. The third-order valence-electron chi connectivity index (χ3n) is 3.65. The minimum Gasteiger partial charge on any atom is -0.344 e. The number of amides is 1. The molecule has 1 amide bonds. The Hall–Kier alpha value is -1.58. The summed E-state index contributed by atoms with van der Waals surface area (Å²) in [6.07, 6.45) is 0.694. The third kappa shape index (κ3) is 2.63. The van der Waals surface area contributed by atoms with Gasteiger partial charge in [-0.2, -0.15) is 0 Å². The number of hydrogen-bond donors (Lipinski definition) is 1. The first-order valence-electron chi connectivity index (χ1n) is 6.54. The van der Waals surface area contributed by atoms with E-state index in [4.69, 9.17) is 23.2 Å². The highest BCUT2D eigenvalue weighted by atomic mass is 35.5. The van der Waals surface area contributed by atoms with Crippen LogP contribution in [0, 0.1) is 5.82 Å². The van der Waals surface area contributed by atoms with Crippen molar-refractivity contribution in [3.05, 3.63) is 70.0 Å². The Morgan fingerprint density at radius 3 is 2.76 bits per heavy atom. The van der Waals surface area contributed by atoms with Crippen LogP contribution >= 0.6 is 23.2 Å². The summed E-state index contributed by atoms with van der Waals surface area (Å²) in [5, 5.41) is 2.45. The zero-order valence-electron chi connectivity index (χ0n) is 10.9. The van der Waals surface area contributed by atoms with E-state index in [0.29, 0.717) is 6.42 Å². The molecule has 5 heteroatoms. The van der Waals surface area contributed by atoms with E-state index < -0.39 is 11.7 Å². The van der Waals surface area contributed by atoms with Gasteiger partial charge < -0.3 is 5.32 Å². The minimum atomic E-state index is -0.612. The summed E-state index contributed by atoms with van der Waals surface area (Å²) in [6, 6.07) is 11.6. The van der Waals surface area contributed by atoms with Crippen LogP contribution in [0.15, 0.2) is 42.5 Å². The highest BCUT2D eigenvalue weighted by Gasteiger charge is 2.32. The Kier molecular flexibility index (Phi) is 3.87. The van der Waals surface area contributed by atoms with E-state index in [0.717, 1.165) is 11.1 Å². The van der Waals surface area contributed by atoms with Crippen molar-refractivity contribution in [2.24, 2.45) is 0 Å². The van der Waals surface area contributed by atoms with Crippen LogP contribution < -0.4 is 5.32 Å². The van der Waals surface area contributed by atoms with Crippen LogP contribution in [-0.2, 0) is 6.42 Å². The second-order valence-electron chi connectivity index (χ2n) is 4.97. The van der Waals surface area contributed by atoms with Crippen LogP contribution in [0.4, 0.5) is 4.39 Å². The van der Waals surface area contributed by atoms with Gasteiger partial charge in [0.25, 0.3) is 5.91 Å². The molecule has 2 atom stereocenters. The van der Waals surface area contributed by atoms with E-state index >= 15 is 0 Å². The molecule has 108 valence electrons. The van der Waals surface area contributed by atoms with Crippen molar-refractivity contribution in [3.63, 3.8) is 0 Å². The maximum atomic E-state index is 13.4. The van der Waals surface area contributed by atoms with Gasteiger partial charge in [0.1, 0.15) is 5.82 Å². The predicted octanol–water partition coefficient (Wildman–Crippen LogP) is 4.11. The van der Waals surface area contributed by atoms with Gasteiger partial charge in [0.2, 0.25) is 0 Å². The SMILES string of the molecule is O=C(NC1c2ccccc2CC1Cl)c1cccc(F)c1Cl. The number of carbonyl (C=O) groups is 1. The highest BCUT2D eigenvalue weighted by Crippen LogP contribution is 2.35. The van der Waals surface area contributed by atoms with Crippen molar-refractivity contribution >= 4 is 29.1 Å². The number of alkyl halides is 1. The highest BCUT2D eigenvalue weighted by molar-refractivity contribution is 6.34. The maximum absolute atomic E-state index is 13.4. The zero-order chi connectivity index (χ0) is 15.0. The molecular weight excluding hydrogens is 312 g/mol. The van der Waals surface area contributed by atoms with Crippen LogP contribution in [0.25, 0.3) is 0 Å². The third-order valence-corrected chi connectivity index (χ3v) is 4.44. The zero-order valence-corrected chi connectivity index (χ0v) is 12.5. The number of fused-ring (bicyclic) bond motifs is 1. The minimum absolute atomic E-state index is 0.116. The Morgan fingerprint density at radius 2 is 1.95 bits per heavy atom. The lowest BCUT2D eigenvalue weighted by molar-refractivity contribution is 0.0937. The molecule has 0 saturated carbocycles. The normalized spacial score (nSPS) is 20.1. The number of benzene rings is 2. The van der Waals surface area contributed by atoms with Crippen molar-refractivity contribution in [2.75, 3.05) is 0 Å². The number of nitrogens with one attached hydrogen (secondary N) is 1. The summed E-state index contributed by atoms with van der Waals surface area (Å²) < 4.78 is 13.4. The van der Waals surface area contributed by atoms with Crippen molar-refractivity contribution < 1.29 is 9.18 Å². The van der Waals surface area contributed by atoms with E-state index in [1.807, 2.05) is 24.3 Å². The average Bonchev–Trinajstić information content (AvgIpc) is 2.78. The molecule has 21 heavy (non-hydrogen) atoms. The number of rotatable bonds is 2. The van der Waals surface area contributed by atoms with E-state index in [1.54, 1.807) is 0 Å². The fourth-order valence-corrected chi connectivity index (χ4v) is 3.19. The molecule has 0 saturated heterocycles. The standard InChI is InChI=1S/C16H12Cl2FNO/c17-12-8-9-4-1-2-5-10(9)15(12)20-16(21)11-6-3-7-13(19)14(11)18/h1-7,12,15H,8H2,(H,20,21). The lowest BCUT2D eigenvalue weighted by Crippen LogP contribution is -2.32. The Balaban J connectivity index is 1.87. The summed E-state index contributed by atoms with van der Waals surface area (Å²) in [5.74, 6) is -1.04. The second-order valence-corrected chi connectivity index (χ2v) is 5.91. The number of hydrogen-bond acceptors (Lipinski definition) is 1. The first kappa shape index (κ1) is 14.4. The summed E-state index contributed by atoms with van der Waals surface area (Å²) >= 11 is 12.2. The van der Waals surface area contributed by atoms with Gasteiger partial charge in [-0.3, -0.25) is 4.79 Å². The van der Waals surface area contributed by atoms with Gasteiger partial charge >= 0.3 is 0 Å². The predicted molar refractivity (Wildman–Crippen MR) is 81.4 cm³/mol. The largest absolute Gasteiger partial charge is 0.344 e. The molecule has 0 fully saturated rings. The maximum Gasteiger partial charge on any atom is 0.253 e. The van der Waals surface area contributed by atoms with E-state index in [-0.39, 0.29) is 22.0 Å². The van der Waals surface area contributed by atoms with Gasteiger partial charge in [-0.1, -0.05) is 41.9 Å². The van der Waals surface area contributed by atoms with Crippen LogP contribution in [0.1, 0.15) is 27.5 Å². The van der Waals surface area contributed by atoms with Crippen molar-refractivity contribution in [1.82, 2.24) is 5.32 Å². The molecule has 0 heterocycles. The van der Waals surface area contributed by atoms with Gasteiger partial charge in [0.15, 0.2) is 0 Å². The molecule has 0 aliphatic heterocycles. The monoisotopic (exact) mass is 323 g/mol. The van der Waals surface area contributed by atoms with Gasteiger partial charge in [0, 0.05) is 0 Å². The molecular formula is C16H12Cl2FNO. The van der Waals surface area contributed by atoms with E-state index in [1.165, 1.54) is 18.2 Å². The van der Waals surface area contributed by atoms with Gasteiger partial charge in [-0.15, -0.1) is 11.6 Å². The molecule has 0 spiro atoms. The summed E-state index contributed by atoms with van der Waals surface area (Å²) in [6.45, 7) is 0. The molecule has 2 unspecified atom stereocenters. The second kappa shape index (κ2) is 5.66. The van der Waals surface area contributed by atoms with Crippen LogP contribution in [0.2, 0.25) is 5.02 Å². The van der Waals surface area contributed by atoms with Gasteiger partial charge in [-0.05, 0) is 29.7 Å². The first-order valence-corrected chi connectivity index (χ1v) is 7.36. The molecule has 1 N–H and O–H groups in total. The van der Waals surface area contributed by atoms with Gasteiger partial charge in [0.05, 0.1) is 22.0 Å². The molecule has 2 aromatic carbocycles. The number of carbonyl (C=O) groups excluding carboxylic acids is 1. The lowest BCUT2D eigenvalue weighted by Gasteiger charge is -2.18. The molecule has 3 rings (SSSR count). The fourth-order valence-electron chi connectivity index (χ4n) is 2.61. The summed E-state index contributed by atoms with van der Waals surface area (Å²) in [7, 11) is 0. The Labute approximate surface area is 131 Å². The van der Waals surface area contributed by atoms with E-state index in [2.05, 4.69) is 5.32 Å². The van der Waals surface area contributed by atoms with Gasteiger partial charge in [-0.25, -0.2) is 4.39 Å². The van der Waals surface area contributed by atoms with Crippen molar-refractivity contribution in [2.45, 2.75) is 17.8 Å². The quantitative estimate of drug-likeness (QED) is 0.828. The summed E-state index contributed by atoms with van der Waals surface area (Å²) in [5.41, 5.74) is 2.23. The smallest absolute Gasteiger partial charge is 0.253 e. The molecule has 0 aromatic heterocycles. The van der Waals surface area contributed by atoms with Crippen LogP contribution in [0.3, 0.4) is 0 Å². The average molecular weight is 324 g/mol. The van der Waals surface area contributed by atoms with Crippen molar-refractivity contribution in [3.8, 4) is 0 Å². The Bertz CT molecular complexity index is 704. The Morgan fingerprint density at radius 1 is 1.19 bits per heavy atom. The van der Waals surface area contributed by atoms with Crippen LogP contribution in [-0.4, -0.2) is 11.3 Å². The molecule has 1 aliphatic rings. The fraction of sp³-hybridized carbons (Fsp3) is 0.188. The molecule has 1 aliphatic carbocycles. The first-order chi connectivity index (χ1) is 10.1. The lowest BCUT2D eigenvalue weighted by atomic mass is 10.1. The van der Waals surface area contributed by atoms with E-state index in [9.17, 15) is 9.18 Å². The van der Waals surface area contributed by atoms with Crippen molar-refractivity contribution in [1.29, 1.82) is 0 Å². The molecule has 2 nitrogen and oxygen atoms in total. The molecule has 0 radical (unpaired) electrons. The topological polar surface area (TPSA) is 29.1 Å². The molecule has 0 bridgehead atoms.